The van der Waals surface area contributed by atoms with Gasteiger partial charge in [-0.15, -0.1) is 24.0 Å². The summed E-state index contributed by atoms with van der Waals surface area (Å²) in [5.41, 5.74) is -0.508. The van der Waals surface area contributed by atoms with E-state index in [2.05, 4.69) is 20.9 Å². The van der Waals surface area contributed by atoms with Gasteiger partial charge in [-0.1, -0.05) is 13.8 Å². The van der Waals surface area contributed by atoms with Crippen LogP contribution in [0.15, 0.2) is 4.99 Å². The maximum absolute atomic E-state index is 11.9. The van der Waals surface area contributed by atoms with Gasteiger partial charge in [0.15, 0.2) is 5.96 Å². The molecule has 0 aromatic carbocycles. The minimum absolute atomic E-state index is 0. The van der Waals surface area contributed by atoms with Gasteiger partial charge in [0.1, 0.15) is 5.60 Å². The standard InChI is InChI=1S/C16H34N4O3.HI/c1-8-17-14(18-9-10-22-7)19-11-13(12(2)3)20-15(21)23-16(4,5)6;/h12-13H,8-11H2,1-7H3,(H,20,21)(H2,17,18,19);1H. The van der Waals surface area contributed by atoms with E-state index < -0.39 is 11.7 Å². The van der Waals surface area contributed by atoms with Gasteiger partial charge in [-0.2, -0.15) is 0 Å². The van der Waals surface area contributed by atoms with Crippen molar-refractivity contribution < 1.29 is 14.3 Å². The highest BCUT2D eigenvalue weighted by Crippen LogP contribution is 2.08. The van der Waals surface area contributed by atoms with Crippen LogP contribution in [0.3, 0.4) is 0 Å². The highest BCUT2D eigenvalue weighted by molar-refractivity contribution is 14.0. The first-order valence-electron chi connectivity index (χ1n) is 8.20. The molecule has 1 unspecified atom stereocenters. The Labute approximate surface area is 163 Å². The zero-order valence-corrected chi connectivity index (χ0v) is 18.4. The Morgan fingerprint density at radius 3 is 2.29 bits per heavy atom. The van der Waals surface area contributed by atoms with Gasteiger partial charge in [-0.05, 0) is 33.6 Å². The second-order valence-electron chi connectivity index (χ2n) is 6.64. The fraction of sp³-hybridized carbons (Fsp3) is 0.875. The summed E-state index contributed by atoms with van der Waals surface area (Å²) in [6, 6.07) is -0.0947. The Morgan fingerprint density at radius 1 is 1.21 bits per heavy atom. The first kappa shape index (κ1) is 25.5. The number of guanidine groups is 1. The van der Waals surface area contributed by atoms with E-state index in [9.17, 15) is 4.79 Å². The molecule has 0 radical (unpaired) electrons. The van der Waals surface area contributed by atoms with Crippen LogP contribution in [0.4, 0.5) is 4.79 Å². The number of methoxy groups -OCH3 is 1. The molecule has 0 spiro atoms. The van der Waals surface area contributed by atoms with E-state index in [0.717, 1.165) is 6.54 Å². The number of nitrogens with one attached hydrogen (secondary N) is 3. The average molecular weight is 458 g/mol. The highest BCUT2D eigenvalue weighted by atomic mass is 127. The maximum Gasteiger partial charge on any atom is 0.407 e. The molecular formula is C16H35IN4O3. The van der Waals surface area contributed by atoms with Gasteiger partial charge in [0, 0.05) is 20.2 Å². The molecule has 144 valence electrons. The molecular weight excluding hydrogens is 423 g/mol. The summed E-state index contributed by atoms with van der Waals surface area (Å²) >= 11 is 0. The third-order valence-corrected chi connectivity index (χ3v) is 2.90. The molecule has 0 aliphatic carbocycles. The van der Waals surface area contributed by atoms with Gasteiger partial charge in [0.05, 0.1) is 19.2 Å². The van der Waals surface area contributed by atoms with E-state index in [1.165, 1.54) is 0 Å². The summed E-state index contributed by atoms with van der Waals surface area (Å²) in [6.07, 6.45) is -0.413. The van der Waals surface area contributed by atoms with Gasteiger partial charge in [-0.25, -0.2) is 4.79 Å². The molecule has 0 aromatic heterocycles. The Morgan fingerprint density at radius 2 is 1.83 bits per heavy atom. The maximum atomic E-state index is 11.9. The van der Waals surface area contributed by atoms with Crippen LogP contribution < -0.4 is 16.0 Å². The van der Waals surface area contributed by atoms with Crippen LogP contribution in [0, 0.1) is 5.92 Å². The molecule has 0 aliphatic rings. The minimum atomic E-state index is -0.508. The van der Waals surface area contributed by atoms with Crippen LogP contribution in [0.2, 0.25) is 0 Å². The molecule has 0 heterocycles. The SMILES string of the molecule is CCNC(=NCC(NC(=O)OC(C)(C)C)C(C)C)NCCOC.I. The lowest BCUT2D eigenvalue weighted by Gasteiger charge is -2.25. The molecule has 0 saturated carbocycles. The first-order chi connectivity index (χ1) is 10.7. The third-order valence-electron chi connectivity index (χ3n) is 2.90. The Bertz CT molecular complexity index is 371. The number of hydrogen-bond donors (Lipinski definition) is 3. The van der Waals surface area contributed by atoms with Crippen LogP contribution in [-0.4, -0.2) is 57.0 Å². The van der Waals surface area contributed by atoms with Crippen LogP contribution >= 0.6 is 24.0 Å². The number of rotatable bonds is 8. The summed E-state index contributed by atoms with van der Waals surface area (Å²) < 4.78 is 10.3. The van der Waals surface area contributed by atoms with Crippen LogP contribution in [-0.2, 0) is 9.47 Å². The van der Waals surface area contributed by atoms with E-state index in [1.54, 1.807) is 7.11 Å². The van der Waals surface area contributed by atoms with Gasteiger partial charge >= 0.3 is 6.09 Å². The first-order valence-corrected chi connectivity index (χ1v) is 8.20. The van der Waals surface area contributed by atoms with E-state index in [0.29, 0.717) is 25.7 Å². The lowest BCUT2D eigenvalue weighted by atomic mass is 10.1. The molecule has 1 amide bonds. The summed E-state index contributed by atoms with van der Waals surface area (Å²) in [5.74, 6) is 0.953. The third kappa shape index (κ3) is 13.6. The number of alkyl carbamates (subject to hydrolysis) is 1. The predicted molar refractivity (Wildman–Crippen MR) is 109 cm³/mol. The van der Waals surface area contributed by atoms with Crippen molar-refractivity contribution in [3.63, 3.8) is 0 Å². The van der Waals surface area contributed by atoms with Crippen molar-refractivity contribution in [2.45, 2.75) is 53.2 Å². The number of nitrogens with zero attached hydrogens (tertiary/aromatic N) is 1. The lowest BCUT2D eigenvalue weighted by Crippen LogP contribution is -2.45. The number of halogens is 1. The lowest BCUT2D eigenvalue weighted by molar-refractivity contribution is 0.0493. The van der Waals surface area contributed by atoms with Gasteiger partial charge in [0.2, 0.25) is 0 Å². The minimum Gasteiger partial charge on any atom is -0.444 e. The number of carbonyl (C=O) groups is 1. The normalized spacial score (nSPS) is 13.1. The fourth-order valence-electron chi connectivity index (χ4n) is 1.68. The molecule has 0 aliphatic heterocycles. The number of aliphatic imine (C=N–C) groups is 1. The second kappa shape index (κ2) is 13.5. The van der Waals surface area contributed by atoms with Crippen LogP contribution in [0.5, 0.6) is 0 Å². The van der Waals surface area contributed by atoms with Gasteiger partial charge in [-0.3, -0.25) is 4.99 Å². The van der Waals surface area contributed by atoms with Crippen molar-refractivity contribution in [2.24, 2.45) is 10.9 Å². The number of hydrogen-bond acceptors (Lipinski definition) is 4. The number of amides is 1. The number of carbonyl (C=O) groups excluding carboxylic acids is 1. The van der Waals surface area contributed by atoms with Crippen molar-refractivity contribution in [3.8, 4) is 0 Å². The molecule has 7 nitrogen and oxygen atoms in total. The summed E-state index contributed by atoms with van der Waals surface area (Å²) in [5, 5.41) is 9.23. The highest BCUT2D eigenvalue weighted by Gasteiger charge is 2.21. The largest absolute Gasteiger partial charge is 0.444 e. The second-order valence-corrected chi connectivity index (χ2v) is 6.64. The van der Waals surface area contributed by atoms with Crippen LogP contribution in [0.25, 0.3) is 0 Å². The van der Waals surface area contributed by atoms with Crippen molar-refractivity contribution >= 4 is 36.0 Å². The van der Waals surface area contributed by atoms with Crippen molar-refractivity contribution in [1.29, 1.82) is 0 Å². The fourth-order valence-corrected chi connectivity index (χ4v) is 1.68. The summed E-state index contributed by atoms with van der Waals surface area (Å²) in [6.45, 7) is 14.2. The molecule has 0 aromatic rings. The summed E-state index contributed by atoms with van der Waals surface area (Å²) in [4.78, 5) is 16.5. The molecule has 24 heavy (non-hydrogen) atoms. The Kier molecular flexibility index (Phi) is 14.3. The van der Waals surface area contributed by atoms with Gasteiger partial charge < -0.3 is 25.4 Å². The Balaban J connectivity index is 0. The smallest absolute Gasteiger partial charge is 0.407 e. The molecule has 0 bridgehead atoms. The molecule has 8 heteroatoms. The average Bonchev–Trinajstić information content (AvgIpc) is 2.41. The molecule has 0 saturated heterocycles. The molecule has 3 N–H and O–H groups in total. The van der Waals surface area contributed by atoms with Crippen molar-refractivity contribution in [2.75, 3.05) is 33.4 Å². The zero-order chi connectivity index (χ0) is 17.9. The topological polar surface area (TPSA) is 84.0 Å². The predicted octanol–water partition coefficient (Wildman–Crippen LogP) is 2.36. The summed E-state index contributed by atoms with van der Waals surface area (Å²) in [7, 11) is 1.66. The van der Waals surface area contributed by atoms with E-state index in [-0.39, 0.29) is 35.9 Å². The number of ether oxygens (including phenoxy) is 2. The van der Waals surface area contributed by atoms with E-state index in [1.807, 2.05) is 41.5 Å². The molecule has 0 rings (SSSR count). The monoisotopic (exact) mass is 458 g/mol. The molecule has 0 fully saturated rings. The van der Waals surface area contributed by atoms with E-state index in [4.69, 9.17) is 9.47 Å². The van der Waals surface area contributed by atoms with Crippen LogP contribution in [0.1, 0.15) is 41.5 Å². The van der Waals surface area contributed by atoms with E-state index >= 15 is 0 Å². The molecule has 1 atom stereocenters. The van der Waals surface area contributed by atoms with Crippen molar-refractivity contribution in [1.82, 2.24) is 16.0 Å². The quantitative estimate of drug-likeness (QED) is 0.225. The Hall–Kier alpha value is -0.770. The van der Waals surface area contributed by atoms with Crippen molar-refractivity contribution in [3.05, 3.63) is 0 Å². The van der Waals surface area contributed by atoms with Gasteiger partial charge in [0.25, 0.3) is 0 Å². The zero-order valence-electron chi connectivity index (χ0n) is 16.1.